The largest absolute Gasteiger partial charge is 0.417 e. The molecular weight excluding hydrogens is 367 g/mol. The van der Waals surface area contributed by atoms with Crippen molar-refractivity contribution in [2.45, 2.75) is 50.4 Å². The number of carbonyl (C=O) groups is 1. The monoisotopic (exact) mass is 395 g/mol. The summed E-state index contributed by atoms with van der Waals surface area (Å²) in [4.78, 5) is 19.1. The normalized spacial score (nSPS) is 23.6. The molecule has 28 heavy (non-hydrogen) atoms. The lowest BCUT2D eigenvalue weighted by Crippen LogP contribution is -2.64. The molecule has 154 valence electrons. The molecule has 0 N–H and O–H groups in total. The van der Waals surface area contributed by atoms with Gasteiger partial charge in [0.2, 0.25) is 0 Å². The van der Waals surface area contributed by atoms with E-state index in [2.05, 4.69) is 9.80 Å². The van der Waals surface area contributed by atoms with Crippen molar-refractivity contribution in [3.63, 3.8) is 0 Å². The third kappa shape index (κ3) is 4.06. The molecule has 7 heteroatoms. The Morgan fingerprint density at radius 2 is 1.43 bits per heavy atom. The van der Waals surface area contributed by atoms with Crippen LogP contribution in [-0.2, 0) is 6.18 Å². The minimum atomic E-state index is -4.51. The van der Waals surface area contributed by atoms with Crippen molar-refractivity contribution in [3.05, 3.63) is 35.4 Å². The molecule has 1 aliphatic carbocycles. The highest BCUT2D eigenvalue weighted by atomic mass is 19.4. The van der Waals surface area contributed by atoms with Crippen molar-refractivity contribution < 1.29 is 18.0 Å². The lowest BCUT2D eigenvalue weighted by molar-refractivity contribution is -0.138. The Bertz CT molecular complexity index is 688. The van der Waals surface area contributed by atoms with E-state index in [0.29, 0.717) is 13.1 Å². The van der Waals surface area contributed by atoms with E-state index in [1.807, 2.05) is 0 Å². The highest BCUT2D eigenvalue weighted by Crippen LogP contribution is 2.33. The molecule has 2 saturated heterocycles. The zero-order valence-corrected chi connectivity index (χ0v) is 16.1. The zero-order chi connectivity index (χ0) is 19.7. The van der Waals surface area contributed by atoms with Crippen LogP contribution in [0.5, 0.6) is 0 Å². The highest BCUT2D eigenvalue weighted by molar-refractivity contribution is 5.96. The second kappa shape index (κ2) is 8.03. The van der Waals surface area contributed by atoms with E-state index >= 15 is 0 Å². The first-order valence-corrected chi connectivity index (χ1v) is 10.4. The third-order valence-electron chi connectivity index (χ3n) is 6.57. The maximum absolute atomic E-state index is 13.2. The fourth-order valence-corrected chi connectivity index (χ4v) is 4.85. The van der Waals surface area contributed by atoms with Gasteiger partial charge in [0.05, 0.1) is 11.1 Å². The van der Waals surface area contributed by atoms with E-state index in [4.69, 9.17) is 0 Å². The molecule has 3 fully saturated rings. The van der Waals surface area contributed by atoms with Crippen LogP contribution in [0.3, 0.4) is 0 Å². The quantitative estimate of drug-likeness (QED) is 0.784. The third-order valence-corrected chi connectivity index (χ3v) is 6.57. The molecule has 1 aromatic carbocycles. The van der Waals surface area contributed by atoms with Gasteiger partial charge >= 0.3 is 6.18 Å². The zero-order valence-electron chi connectivity index (χ0n) is 16.1. The minimum absolute atomic E-state index is 0.240. The first-order chi connectivity index (χ1) is 13.4. The molecule has 3 aliphatic rings. The Hall–Kier alpha value is -1.60. The van der Waals surface area contributed by atoms with Crippen LogP contribution in [-0.4, -0.2) is 72.0 Å². The number of hydrogen-bond donors (Lipinski definition) is 0. The molecule has 0 aromatic heterocycles. The van der Waals surface area contributed by atoms with Crippen LogP contribution in [0.15, 0.2) is 24.3 Å². The van der Waals surface area contributed by atoms with Crippen molar-refractivity contribution >= 4 is 5.91 Å². The molecule has 4 nitrogen and oxygen atoms in total. The topological polar surface area (TPSA) is 26.8 Å². The Morgan fingerprint density at radius 1 is 0.857 bits per heavy atom. The Kier molecular flexibility index (Phi) is 5.65. The van der Waals surface area contributed by atoms with Crippen LogP contribution in [0, 0.1) is 0 Å². The number of amides is 1. The van der Waals surface area contributed by atoms with Gasteiger partial charge in [0.1, 0.15) is 0 Å². The van der Waals surface area contributed by atoms with E-state index in [-0.39, 0.29) is 11.6 Å². The van der Waals surface area contributed by atoms with Gasteiger partial charge < -0.3 is 4.90 Å². The smallest absolute Gasteiger partial charge is 0.335 e. The van der Waals surface area contributed by atoms with E-state index in [1.54, 1.807) is 4.90 Å². The summed E-state index contributed by atoms with van der Waals surface area (Å²) in [6, 6.07) is 6.08. The molecule has 2 heterocycles. The molecule has 0 radical (unpaired) electrons. The summed E-state index contributed by atoms with van der Waals surface area (Å²) < 4.78 is 39.5. The number of piperazine rings is 1. The van der Waals surface area contributed by atoms with Crippen LogP contribution in [0.25, 0.3) is 0 Å². The Morgan fingerprint density at radius 3 is 2.04 bits per heavy atom. The molecule has 0 bridgehead atoms. The maximum atomic E-state index is 13.2. The second-order valence-corrected chi connectivity index (χ2v) is 8.27. The fraction of sp³-hybridized carbons (Fsp3) is 0.667. The summed E-state index contributed by atoms with van der Waals surface area (Å²) in [6.45, 7) is 5.14. The predicted molar refractivity (Wildman–Crippen MR) is 101 cm³/mol. The van der Waals surface area contributed by atoms with E-state index < -0.39 is 17.6 Å². The van der Waals surface area contributed by atoms with Crippen LogP contribution in [0.1, 0.15) is 48.0 Å². The van der Waals surface area contributed by atoms with Crippen LogP contribution in [0.4, 0.5) is 13.2 Å². The average Bonchev–Trinajstić information content (AvgIpc) is 2.67. The number of hydrogen-bond acceptors (Lipinski definition) is 3. The molecule has 0 atom stereocenters. The number of nitrogens with zero attached hydrogens (tertiary/aromatic N) is 3. The number of halogens is 3. The van der Waals surface area contributed by atoms with Crippen molar-refractivity contribution in [2.24, 2.45) is 0 Å². The summed E-state index contributed by atoms with van der Waals surface area (Å²) in [6.07, 6.45) is 2.15. The van der Waals surface area contributed by atoms with Crippen LogP contribution in [0.2, 0.25) is 0 Å². The van der Waals surface area contributed by atoms with Gasteiger partial charge in [-0.2, -0.15) is 13.2 Å². The molecule has 1 amide bonds. The number of rotatable bonds is 3. The molecule has 2 aliphatic heterocycles. The number of likely N-dealkylation sites (tertiary alicyclic amines) is 1. The second-order valence-electron chi connectivity index (χ2n) is 8.27. The van der Waals surface area contributed by atoms with Gasteiger partial charge in [-0.15, -0.1) is 0 Å². The van der Waals surface area contributed by atoms with Gasteiger partial charge in [-0.1, -0.05) is 31.4 Å². The Labute approximate surface area is 164 Å². The summed E-state index contributed by atoms with van der Waals surface area (Å²) >= 11 is 0. The average molecular weight is 395 g/mol. The van der Waals surface area contributed by atoms with Gasteiger partial charge in [0, 0.05) is 51.4 Å². The number of alkyl halides is 3. The summed E-state index contributed by atoms with van der Waals surface area (Å²) in [7, 11) is 0. The van der Waals surface area contributed by atoms with Gasteiger partial charge in [-0.3, -0.25) is 14.6 Å². The lowest BCUT2D eigenvalue weighted by atomic mass is 9.93. The standard InChI is InChI=1S/C21H28F3N3O/c22-21(23,24)19-9-5-4-8-18(19)20(28)27-14-17(15-27)26-12-10-25(11-13-26)16-6-2-1-3-7-16/h4-5,8-9,16-17H,1-3,6-7,10-15H2. The van der Waals surface area contributed by atoms with Gasteiger partial charge in [0.25, 0.3) is 5.91 Å². The van der Waals surface area contributed by atoms with Crippen molar-refractivity contribution in [1.29, 1.82) is 0 Å². The maximum Gasteiger partial charge on any atom is 0.417 e. The number of carbonyl (C=O) groups excluding carboxylic acids is 1. The summed E-state index contributed by atoms with van der Waals surface area (Å²) in [5, 5.41) is 0. The van der Waals surface area contributed by atoms with E-state index in [9.17, 15) is 18.0 Å². The van der Waals surface area contributed by atoms with E-state index in [1.165, 1.54) is 50.3 Å². The van der Waals surface area contributed by atoms with Crippen molar-refractivity contribution in [1.82, 2.24) is 14.7 Å². The fourth-order valence-electron chi connectivity index (χ4n) is 4.85. The highest BCUT2D eigenvalue weighted by Gasteiger charge is 2.40. The van der Waals surface area contributed by atoms with Crippen molar-refractivity contribution in [3.8, 4) is 0 Å². The van der Waals surface area contributed by atoms with Gasteiger partial charge in [-0.05, 0) is 25.0 Å². The molecule has 4 rings (SSSR count). The van der Waals surface area contributed by atoms with E-state index in [0.717, 1.165) is 38.3 Å². The van der Waals surface area contributed by atoms with Crippen LogP contribution >= 0.6 is 0 Å². The molecule has 0 unspecified atom stereocenters. The summed E-state index contributed by atoms with van der Waals surface area (Å²) in [5.74, 6) is -0.509. The molecule has 1 saturated carbocycles. The predicted octanol–water partition coefficient (Wildman–Crippen LogP) is 3.48. The molecule has 0 spiro atoms. The minimum Gasteiger partial charge on any atom is -0.335 e. The lowest BCUT2D eigenvalue weighted by Gasteiger charge is -2.49. The van der Waals surface area contributed by atoms with Crippen LogP contribution < -0.4 is 0 Å². The summed E-state index contributed by atoms with van der Waals surface area (Å²) in [5.41, 5.74) is -1.08. The molecule has 1 aromatic rings. The van der Waals surface area contributed by atoms with Gasteiger partial charge in [-0.25, -0.2) is 0 Å². The first kappa shape index (κ1) is 19.7. The Balaban J connectivity index is 1.29. The first-order valence-electron chi connectivity index (χ1n) is 10.4. The van der Waals surface area contributed by atoms with Crippen molar-refractivity contribution in [2.75, 3.05) is 39.3 Å². The van der Waals surface area contributed by atoms with Gasteiger partial charge in [0.15, 0.2) is 0 Å². The molecular formula is C21H28F3N3O. The SMILES string of the molecule is O=C(c1ccccc1C(F)(F)F)N1CC(N2CCN(C3CCCCC3)CC2)C1. The number of benzene rings is 1.